The number of hydrogen-bond donors (Lipinski definition) is 0. The van der Waals surface area contributed by atoms with Crippen LogP contribution in [0, 0.1) is 5.92 Å². The lowest BCUT2D eigenvalue weighted by molar-refractivity contribution is -0.159. The van der Waals surface area contributed by atoms with Crippen LogP contribution in [0.15, 0.2) is 0 Å². The molecule has 1 aliphatic rings. The standard InChI is InChI=1S/C12H11Cl6N3O2/c1-10(2,23-6(22)5-3-4-5)7-19-8(11(13,14)15)21-9(20-7)12(16,17)18/h5H,3-4H2,1-2H3. The Balaban J connectivity index is 2.45. The van der Waals surface area contributed by atoms with Crippen molar-refractivity contribution in [1.29, 1.82) is 0 Å². The smallest absolute Gasteiger partial charge is 0.309 e. The molecular weight excluding hydrogens is 431 g/mol. The predicted octanol–water partition coefficient (Wildman–Crippen LogP) is 4.71. The van der Waals surface area contributed by atoms with Crippen LogP contribution in [0.1, 0.15) is 44.2 Å². The zero-order valence-electron chi connectivity index (χ0n) is 11.9. The fourth-order valence-corrected chi connectivity index (χ4v) is 2.11. The van der Waals surface area contributed by atoms with Crippen LogP contribution in [0.4, 0.5) is 0 Å². The molecule has 0 bridgehead atoms. The number of rotatable bonds is 3. The SMILES string of the molecule is CC(C)(OC(=O)C1CC1)c1nc(C(Cl)(Cl)Cl)nc(C(Cl)(Cl)Cl)n1. The molecule has 0 aliphatic heterocycles. The summed E-state index contributed by atoms with van der Waals surface area (Å²) in [5.74, 6) is -0.893. The highest BCUT2D eigenvalue weighted by Gasteiger charge is 2.40. The first-order valence-corrected chi connectivity index (χ1v) is 8.71. The summed E-state index contributed by atoms with van der Waals surface area (Å²) in [4.78, 5) is 23.9. The quantitative estimate of drug-likeness (QED) is 0.502. The lowest BCUT2D eigenvalue weighted by Crippen LogP contribution is -2.31. The monoisotopic (exact) mass is 439 g/mol. The molecule has 1 aromatic rings. The van der Waals surface area contributed by atoms with Crippen molar-refractivity contribution in [3.8, 4) is 0 Å². The molecule has 0 N–H and O–H groups in total. The van der Waals surface area contributed by atoms with Crippen LogP contribution in [0.3, 0.4) is 0 Å². The van der Waals surface area contributed by atoms with Gasteiger partial charge in [-0.1, -0.05) is 69.6 Å². The molecule has 0 saturated heterocycles. The van der Waals surface area contributed by atoms with Crippen LogP contribution in [0.25, 0.3) is 0 Å². The first-order valence-electron chi connectivity index (χ1n) is 6.44. The minimum absolute atomic E-state index is 0.0177. The summed E-state index contributed by atoms with van der Waals surface area (Å²) in [6.07, 6.45) is 1.59. The second kappa shape index (κ2) is 6.50. The van der Waals surface area contributed by atoms with Gasteiger partial charge in [-0.2, -0.15) is 0 Å². The van der Waals surface area contributed by atoms with Gasteiger partial charge in [0.05, 0.1) is 5.92 Å². The van der Waals surface area contributed by atoms with E-state index in [1.54, 1.807) is 13.8 Å². The molecule has 1 heterocycles. The van der Waals surface area contributed by atoms with E-state index >= 15 is 0 Å². The molecular formula is C12H11Cl6N3O2. The third-order valence-electron chi connectivity index (χ3n) is 2.95. The third kappa shape index (κ3) is 5.10. The van der Waals surface area contributed by atoms with Gasteiger partial charge in [0, 0.05) is 0 Å². The van der Waals surface area contributed by atoms with Crippen molar-refractivity contribution in [3.63, 3.8) is 0 Å². The second-order valence-corrected chi connectivity index (χ2v) is 10.1. The Labute approximate surface area is 162 Å². The molecule has 0 amide bonds. The van der Waals surface area contributed by atoms with E-state index in [2.05, 4.69) is 15.0 Å². The molecule has 1 aromatic heterocycles. The van der Waals surface area contributed by atoms with Gasteiger partial charge in [-0.25, -0.2) is 15.0 Å². The Morgan fingerprint density at radius 3 is 1.65 bits per heavy atom. The molecule has 1 saturated carbocycles. The fraction of sp³-hybridized carbons (Fsp3) is 0.667. The van der Waals surface area contributed by atoms with Gasteiger partial charge < -0.3 is 4.74 Å². The van der Waals surface area contributed by atoms with Crippen molar-refractivity contribution in [3.05, 3.63) is 17.5 Å². The fourth-order valence-electron chi connectivity index (χ4n) is 1.60. The average Bonchev–Trinajstić information content (AvgIpc) is 3.19. The molecule has 5 nitrogen and oxygen atoms in total. The largest absolute Gasteiger partial charge is 0.451 e. The van der Waals surface area contributed by atoms with Crippen LogP contribution in [0.2, 0.25) is 0 Å². The zero-order valence-corrected chi connectivity index (χ0v) is 16.5. The van der Waals surface area contributed by atoms with E-state index in [0.717, 1.165) is 12.8 Å². The van der Waals surface area contributed by atoms with E-state index < -0.39 is 13.2 Å². The van der Waals surface area contributed by atoms with E-state index in [0.29, 0.717) is 0 Å². The summed E-state index contributed by atoms with van der Waals surface area (Å²) >= 11 is 34.9. The molecule has 0 radical (unpaired) electrons. The number of ether oxygens (including phenoxy) is 1. The van der Waals surface area contributed by atoms with Crippen molar-refractivity contribution in [1.82, 2.24) is 15.0 Å². The number of aromatic nitrogens is 3. The summed E-state index contributed by atoms with van der Waals surface area (Å²) in [5, 5.41) is 0. The van der Waals surface area contributed by atoms with Gasteiger partial charge in [-0.05, 0) is 26.7 Å². The van der Waals surface area contributed by atoms with E-state index in [-0.39, 0.29) is 29.4 Å². The van der Waals surface area contributed by atoms with Crippen molar-refractivity contribution in [2.24, 2.45) is 5.92 Å². The summed E-state index contributed by atoms with van der Waals surface area (Å²) < 4.78 is 1.51. The minimum Gasteiger partial charge on any atom is -0.451 e. The molecule has 23 heavy (non-hydrogen) atoms. The van der Waals surface area contributed by atoms with Crippen molar-refractivity contribution in [2.45, 2.75) is 39.9 Å². The molecule has 0 aromatic carbocycles. The Kier molecular flexibility index (Phi) is 5.53. The van der Waals surface area contributed by atoms with E-state index in [1.807, 2.05) is 0 Å². The number of esters is 1. The number of nitrogens with zero attached hydrogens (tertiary/aromatic N) is 3. The number of hydrogen-bond acceptors (Lipinski definition) is 5. The molecule has 11 heteroatoms. The van der Waals surface area contributed by atoms with Crippen LogP contribution < -0.4 is 0 Å². The Morgan fingerprint density at radius 2 is 1.30 bits per heavy atom. The van der Waals surface area contributed by atoms with Gasteiger partial charge in [0.25, 0.3) is 0 Å². The van der Waals surface area contributed by atoms with Crippen molar-refractivity contribution in [2.75, 3.05) is 0 Å². The highest BCUT2D eigenvalue weighted by molar-refractivity contribution is 6.67. The maximum Gasteiger partial charge on any atom is 0.309 e. The summed E-state index contributed by atoms with van der Waals surface area (Å²) in [7, 11) is 0. The third-order valence-corrected chi connectivity index (χ3v) is 3.96. The topological polar surface area (TPSA) is 65.0 Å². The van der Waals surface area contributed by atoms with Gasteiger partial charge in [0.15, 0.2) is 23.1 Å². The van der Waals surface area contributed by atoms with Crippen LogP contribution in [-0.4, -0.2) is 20.9 Å². The van der Waals surface area contributed by atoms with Gasteiger partial charge >= 0.3 is 5.97 Å². The van der Waals surface area contributed by atoms with Gasteiger partial charge in [0.1, 0.15) is 0 Å². The van der Waals surface area contributed by atoms with Crippen molar-refractivity contribution < 1.29 is 9.53 Å². The Bertz CT molecular complexity index is 590. The Morgan fingerprint density at radius 1 is 0.913 bits per heavy atom. The molecule has 1 fully saturated rings. The zero-order chi connectivity index (χ0) is 17.6. The highest BCUT2D eigenvalue weighted by atomic mass is 35.6. The molecule has 128 valence electrons. The lowest BCUT2D eigenvalue weighted by atomic mass is 10.1. The maximum atomic E-state index is 11.9. The van der Waals surface area contributed by atoms with Crippen molar-refractivity contribution >= 4 is 75.6 Å². The number of carbonyl (C=O) groups is 1. The molecule has 0 unspecified atom stereocenters. The second-order valence-electron chi connectivity index (χ2n) is 5.51. The van der Waals surface area contributed by atoms with Gasteiger partial charge in [-0.3, -0.25) is 4.79 Å². The van der Waals surface area contributed by atoms with E-state index in [4.69, 9.17) is 74.3 Å². The highest BCUT2D eigenvalue weighted by Crippen LogP contribution is 2.41. The summed E-state index contributed by atoms with van der Waals surface area (Å²) in [6.45, 7) is 3.18. The van der Waals surface area contributed by atoms with E-state index in [1.165, 1.54) is 0 Å². The van der Waals surface area contributed by atoms with Gasteiger partial charge in [-0.15, -0.1) is 0 Å². The number of halogens is 6. The first kappa shape index (κ1) is 19.5. The predicted molar refractivity (Wildman–Crippen MR) is 90.1 cm³/mol. The number of alkyl halides is 6. The number of carbonyl (C=O) groups excluding carboxylic acids is 1. The molecule has 0 spiro atoms. The molecule has 1 aliphatic carbocycles. The average molecular weight is 442 g/mol. The van der Waals surface area contributed by atoms with E-state index in [9.17, 15) is 4.79 Å². The van der Waals surface area contributed by atoms with Crippen LogP contribution in [0.5, 0.6) is 0 Å². The van der Waals surface area contributed by atoms with Crippen LogP contribution >= 0.6 is 69.6 Å². The van der Waals surface area contributed by atoms with Gasteiger partial charge in [0.2, 0.25) is 7.59 Å². The minimum atomic E-state index is -1.96. The normalized spacial score (nSPS) is 16.3. The Hall–Kier alpha value is 0.220. The van der Waals surface area contributed by atoms with Crippen LogP contribution in [-0.2, 0) is 22.7 Å². The molecule has 0 atom stereocenters. The lowest BCUT2D eigenvalue weighted by Gasteiger charge is -2.25. The summed E-state index contributed by atoms with van der Waals surface area (Å²) in [5.41, 5.74) is -1.21. The molecule has 2 rings (SSSR count). The summed E-state index contributed by atoms with van der Waals surface area (Å²) in [6, 6.07) is 0. The first-order chi connectivity index (χ1) is 10.3. The maximum absolute atomic E-state index is 11.9.